The molecular formula is C14H16Cl3NO. The number of halogens is 3. The molecule has 0 spiro atoms. The van der Waals surface area contributed by atoms with Gasteiger partial charge in [-0.15, -0.1) is 12.4 Å². The fourth-order valence-electron chi connectivity index (χ4n) is 1.69. The molecule has 0 aliphatic rings. The molecule has 0 radical (unpaired) electrons. The Hall–Kier alpha value is -0.670. The smallest absolute Gasteiger partial charge is 0.135 e. The van der Waals surface area contributed by atoms with Crippen molar-refractivity contribution >= 4 is 35.6 Å². The first-order valence-corrected chi connectivity index (χ1v) is 6.71. The maximum atomic E-state index is 6.13. The van der Waals surface area contributed by atoms with Gasteiger partial charge in [-0.3, -0.25) is 0 Å². The van der Waals surface area contributed by atoms with Crippen LogP contribution >= 0.6 is 35.6 Å². The van der Waals surface area contributed by atoms with Crippen molar-refractivity contribution in [3.8, 4) is 11.3 Å². The minimum Gasteiger partial charge on any atom is -0.460 e. The highest BCUT2D eigenvalue weighted by Crippen LogP contribution is 2.31. The number of benzene rings is 1. The van der Waals surface area contributed by atoms with Crippen LogP contribution in [0.1, 0.15) is 19.1 Å². The normalized spacial score (nSPS) is 10.3. The Kier molecular flexibility index (Phi) is 6.73. The molecule has 19 heavy (non-hydrogen) atoms. The first-order valence-electron chi connectivity index (χ1n) is 5.95. The van der Waals surface area contributed by atoms with Crippen molar-refractivity contribution in [1.82, 2.24) is 5.32 Å². The molecule has 0 bridgehead atoms. The standard InChI is InChI=1S/C14H15Cl2NO.ClH/c1-2-7-17-9-11-4-6-14(18-11)12-8-10(15)3-5-13(12)16;/h3-6,8,17H,2,7,9H2,1H3;1H. The molecule has 5 heteroatoms. The van der Waals surface area contributed by atoms with E-state index in [1.165, 1.54) is 0 Å². The lowest BCUT2D eigenvalue weighted by atomic mass is 10.2. The van der Waals surface area contributed by atoms with Gasteiger partial charge >= 0.3 is 0 Å². The van der Waals surface area contributed by atoms with E-state index in [1.807, 2.05) is 18.2 Å². The van der Waals surface area contributed by atoms with Crippen LogP contribution in [-0.4, -0.2) is 6.54 Å². The van der Waals surface area contributed by atoms with Gasteiger partial charge in [0.25, 0.3) is 0 Å². The molecule has 0 saturated heterocycles. The Morgan fingerprint density at radius 1 is 1.16 bits per heavy atom. The molecule has 0 aliphatic carbocycles. The van der Waals surface area contributed by atoms with E-state index >= 15 is 0 Å². The molecule has 0 amide bonds. The Balaban J connectivity index is 0.00000180. The summed E-state index contributed by atoms with van der Waals surface area (Å²) in [6, 6.07) is 9.22. The Morgan fingerprint density at radius 3 is 2.68 bits per heavy atom. The van der Waals surface area contributed by atoms with E-state index in [0.717, 1.165) is 36.6 Å². The van der Waals surface area contributed by atoms with Crippen molar-refractivity contribution in [3.63, 3.8) is 0 Å². The quantitative estimate of drug-likeness (QED) is 0.768. The largest absolute Gasteiger partial charge is 0.460 e. The number of hydrogen-bond donors (Lipinski definition) is 1. The maximum absolute atomic E-state index is 6.13. The van der Waals surface area contributed by atoms with Crippen LogP contribution in [0.15, 0.2) is 34.7 Å². The summed E-state index contributed by atoms with van der Waals surface area (Å²) in [5, 5.41) is 4.58. The molecule has 2 rings (SSSR count). The van der Waals surface area contributed by atoms with Crippen molar-refractivity contribution in [3.05, 3.63) is 46.1 Å². The second-order valence-electron chi connectivity index (χ2n) is 4.07. The van der Waals surface area contributed by atoms with E-state index in [0.29, 0.717) is 10.0 Å². The number of hydrogen-bond acceptors (Lipinski definition) is 2. The van der Waals surface area contributed by atoms with Crippen LogP contribution < -0.4 is 5.32 Å². The fourth-order valence-corrected chi connectivity index (χ4v) is 2.08. The molecule has 1 heterocycles. The molecule has 0 unspecified atom stereocenters. The van der Waals surface area contributed by atoms with E-state index in [-0.39, 0.29) is 12.4 Å². The van der Waals surface area contributed by atoms with Gasteiger partial charge in [0.05, 0.1) is 11.6 Å². The molecule has 1 N–H and O–H groups in total. The SMILES string of the molecule is CCCNCc1ccc(-c2cc(Cl)ccc2Cl)o1.Cl. The Labute approximate surface area is 129 Å². The molecule has 1 aromatic heterocycles. The van der Waals surface area contributed by atoms with E-state index < -0.39 is 0 Å². The summed E-state index contributed by atoms with van der Waals surface area (Å²) in [7, 11) is 0. The summed E-state index contributed by atoms with van der Waals surface area (Å²) in [6.07, 6.45) is 1.10. The molecule has 1 aromatic carbocycles. The lowest BCUT2D eigenvalue weighted by Gasteiger charge is -2.02. The Bertz CT molecular complexity index is 525. The Morgan fingerprint density at radius 2 is 1.95 bits per heavy atom. The highest BCUT2D eigenvalue weighted by molar-refractivity contribution is 6.35. The molecule has 0 saturated carbocycles. The van der Waals surface area contributed by atoms with Gasteiger partial charge in [-0.25, -0.2) is 0 Å². The van der Waals surface area contributed by atoms with Gasteiger partial charge in [0.2, 0.25) is 0 Å². The third-order valence-electron chi connectivity index (χ3n) is 2.58. The molecule has 0 atom stereocenters. The topological polar surface area (TPSA) is 25.2 Å². The van der Waals surface area contributed by atoms with Crippen molar-refractivity contribution in [2.45, 2.75) is 19.9 Å². The second-order valence-corrected chi connectivity index (χ2v) is 4.91. The minimum atomic E-state index is 0. The molecule has 2 aromatic rings. The van der Waals surface area contributed by atoms with Crippen LogP contribution in [-0.2, 0) is 6.54 Å². The predicted octanol–water partition coefficient (Wildman–Crippen LogP) is 5.17. The van der Waals surface area contributed by atoms with Gasteiger partial charge in [-0.05, 0) is 43.3 Å². The lowest BCUT2D eigenvalue weighted by Crippen LogP contribution is -2.12. The summed E-state index contributed by atoms with van der Waals surface area (Å²) in [5.41, 5.74) is 0.825. The summed E-state index contributed by atoms with van der Waals surface area (Å²) in [5.74, 6) is 1.64. The van der Waals surface area contributed by atoms with Crippen molar-refractivity contribution in [2.75, 3.05) is 6.54 Å². The lowest BCUT2D eigenvalue weighted by molar-refractivity contribution is 0.493. The van der Waals surface area contributed by atoms with E-state index in [9.17, 15) is 0 Å². The van der Waals surface area contributed by atoms with Crippen molar-refractivity contribution < 1.29 is 4.42 Å². The monoisotopic (exact) mass is 319 g/mol. The zero-order valence-electron chi connectivity index (χ0n) is 10.6. The average molecular weight is 321 g/mol. The van der Waals surface area contributed by atoms with E-state index in [1.54, 1.807) is 12.1 Å². The van der Waals surface area contributed by atoms with E-state index in [2.05, 4.69) is 12.2 Å². The average Bonchev–Trinajstić information content (AvgIpc) is 2.81. The van der Waals surface area contributed by atoms with Gasteiger partial charge in [0, 0.05) is 10.6 Å². The highest BCUT2D eigenvalue weighted by atomic mass is 35.5. The highest BCUT2D eigenvalue weighted by Gasteiger charge is 2.09. The van der Waals surface area contributed by atoms with Crippen LogP contribution in [0.4, 0.5) is 0 Å². The zero-order chi connectivity index (χ0) is 13.0. The molecule has 0 fully saturated rings. The van der Waals surface area contributed by atoms with Crippen LogP contribution in [0.5, 0.6) is 0 Å². The van der Waals surface area contributed by atoms with Gasteiger partial charge < -0.3 is 9.73 Å². The third-order valence-corrected chi connectivity index (χ3v) is 3.15. The summed E-state index contributed by atoms with van der Waals surface area (Å²) in [6.45, 7) is 3.84. The van der Waals surface area contributed by atoms with Crippen molar-refractivity contribution in [2.24, 2.45) is 0 Å². The van der Waals surface area contributed by atoms with Crippen LogP contribution in [0.25, 0.3) is 11.3 Å². The minimum absolute atomic E-state index is 0. The molecule has 0 aliphatic heterocycles. The van der Waals surface area contributed by atoms with Gasteiger partial charge in [0.15, 0.2) is 0 Å². The summed E-state index contributed by atoms with van der Waals surface area (Å²) >= 11 is 12.1. The molecular weight excluding hydrogens is 305 g/mol. The van der Waals surface area contributed by atoms with Crippen molar-refractivity contribution in [1.29, 1.82) is 0 Å². The number of nitrogens with one attached hydrogen (secondary N) is 1. The first kappa shape index (κ1) is 16.4. The first-order chi connectivity index (χ1) is 8.70. The zero-order valence-corrected chi connectivity index (χ0v) is 12.9. The van der Waals surface area contributed by atoms with Crippen LogP contribution in [0.2, 0.25) is 10.0 Å². The third kappa shape index (κ3) is 4.43. The summed E-state index contributed by atoms with van der Waals surface area (Å²) in [4.78, 5) is 0. The van der Waals surface area contributed by atoms with Gasteiger partial charge in [-0.2, -0.15) is 0 Å². The van der Waals surface area contributed by atoms with Gasteiger partial charge in [0.1, 0.15) is 11.5 Å². The second kappa shape index (κ2) is 7.81. The summed E-state index contributed by atoms with van der Waals surface area (Å²) < 4.78 is 5.75. The predicted molar refractivity (Wildman–Crippen MR) is 83.4 cm³/mol. The fraction of sp³-hybridized carbons (Fsp3) is 0.286. The van der Waals surface area contributed by atoms with E-state index in [4.69, 9.17) is 27.6 Å². The number of furan rings is 1. The van der Waals surface area contributed by atoms with Crippen LogP contribution in [0.3, 0.4) is 0 Å². The number of rotatable bonds is 5. The maximum Gasteiger partial charge on any atom is 0.135 e. The molecule has 2 nitrogen and oxygen atoms in total. The van der Waals surface area contributed by atoms with Gasteiger partial charge in [-0.1, -0.05) is 30.1 Å². The van der Waals surface area contributed by atoms with Crippen LogP contribution in [0, 0.1) is 0 Å². The molecule has 104 valence electrons.